The summed E-state index contributed by atoms with van der Waals surface area (Å²) in [7, 11) is 0. The van der Waals surface area contributed by atoms with E-state index in [1.165, 1.54) is 83.7 Å². The number of nitrogens with zero attached hydrogens (tertiary/aromatic N) is 1. The van der Waals surface area contributed by atoms with Gasteiger partial charge in [0.1, 0.15) is 132 Å². The van der Waals surface area contributed by atoms with E-state index in [2.05, 4.69) is 121 Å². The summed E-state index contributed by atoms with van der Waals surface area (Å²) in [5, 5.41) is 93.3. The Morgan fingerprint density at radius 3 is 0.598 bits per heavy atom. The fraction of sp³-hybridized carbons (Fsp3) is 0.345. The minimum Gasteiger partial charge on any atom is -0.508 e. The average molecular weight is 1950 g/mol. The third-order valence-corrected chi connectivity index (χ3v) is 13.5. The highest BCUT2D eigenvalue weighted by Crippen LogP contribution is 2.32. The van der Waals surface area contributed by atoms with E-state index in [-0.39, 0.29) is 146 Å². The molecule has 5 rings (SSSR count). The standard InChI is InChI=1S/C24H30O9.C21H24O9.C9H12O6.C6H9BrO2.C6H15N.2C6H6O3.C4H5ClO.C4H6O2.CH3BrO/c1-16(2)22(25)31-10-7-28-19-13-20(29-8-11-32-23(26)17(3)4)15-21(14-19)30-9-12-33-24(27)18(5)6;1-13(2)19(22)28-10-25-16-7-17(26-11-29-20(23)14(3)4)9-18(8-16)27-12-30-21(24)15(5)6;10-4-13-7-1-8(14-5-11)3-9(2-7)15-6-12;1-5(2)6(8)9-4-3-7;1-4-7(5-2)6-3;2*7-4-1-5(8)3-6(9)2-4;2*1-3(2)4(5)6;2-1-3/h13-15H,1,3,5,7-12H2,2,4,6H3;7-9H,1,3,5,10-12H2,2,4,6H3;1-3,10-12H,4-6H2;1,3-4H2,2H3;4-6H2,1-3H3;2*1-3,7-9H;1H2,2H3;1H2,2H3,(H,5,6);3H,1H2. The highest BCUT2D eigenvalue weighted by Gasteiger charge is 2.14. The predicted molar refractivity (Wildman–Crippen MR) is 476 cm³/mol. The zero-order valence-electron chi connectivity index (χ0n) is 73.0. The molecule has 11 N–H and O–H groups in total. The van der Waals surface area contributed by atoms with E-state index in [4.69, 9.17) is 139 Å². The fourth-order valence-corrected chi connectivity index (χ4v) is 6.93. The lowest BCUT2D eigenvalue weighted by Gasteiger charge is -2.14. The van der Waals surface area contributed by atoms with Crippen LogP contribution in [0.25, 0.3) is 0 Å². The van der Waals surface area contributed by atoms with Crippen LogP contribution in [0.15, 0.2) is 200 Å². The summed E-state index contributed by atoms with van der Waals surface area (Å²) in [6, 6.07) is 20.4. The lowest BCUT2D eigenvalue weighted by Crippen LogP contribution is -2.21. The summed E-state index contributed by atoms with van der Waals surface area (Å²) < 4.78 is 81.6. The van der Waals surface area contributed by atoms with Crippen molar-refractivity contribution in [1.82, 2.24) is 4.90 Å². The molecule has 0 amide bonds. The van der Waals surface area contributed by atoms with Gasteiger partial charge in [-0.15, -0.1) is 0 Å². The number of rotatable bonds is 41. The second kappa shape index (κ2) is 74.6. The van der Waals surface area contributed by atoms with Crippen LogP contribution in [0.4, 0.5) is 0 Å². The molecule has 0 aliphatic rings. The number of carbonyl (C=O) groups is 9. The van der Waals surface area contributed by atoms with Crippen LogP contribution in [0.1, 0.15) is 83.1 Å². The summed E-state index contributed by atoms with van der Waals surface area (Å²) >= 11 is 10.7. The second-order valence-electron chi connectivity index (χ2n) is 24.4. The molecular weight excluding hydrogens is 1830 g/mol. The van der Waals surface area contributed by atoms with Crippen molar-refractivity contribution in [2.75, 3.05) is 117 Å². The molecule has 0 bridgehead atoms. The van der Waals surface area contributed by atoms with Gasteiger partial charge >= 0.3 is 47.8 Å². The molecule has 0 aliphatic heterocycles. The number of aromatic hydroxyl groups is 6. The summed E-state index contributed by atoms with van der Waals surface area (Å²) in [5.41, 5.74) is 2.60. The Morgan fingerprint density at radius 2 is 0.457 bits per heavy atom. The minimum absolute atomic E-state index is 0.0285. The van der Waals surface area contributed by atoms with Gasteiger partial charge in [-0.25, -0.2) is 38.4 Å². The smallest absolute Gasteiger partial charge is 0.335 e. The molecule has 706 valence electrons. The van der Waals surface area contributed by atoms with Crippen molar-refractivity contribution in [3.8, 4) is 86.2 Å². The normalized spacial score (nSPS) is 9.39. The molecule has 0 aliphatic carbocycles. The first kappa shape index (κ1) is 123. The van der Waals surface area contributed by atoms with Gasteiger partial charge in [-0.1, -0.05) is 112 Å². The number of allylic oxidation sites excluding steroid dienone is 1. The van der Waals surface area contributed by atoms with Crippen LogP contribution in [-0.4, -0.2) is 232 Å². The monoisotopic (exact) mass is 1940 g/mol. The predicted octanol–water partition coefficient (Wildman–Crippen LogP) is 12.7. The molecule has 5 aromatic carbocycles. The second-order valence-corrected chi connectivity index (χ2v) is 26.0. The van der Waals surface area contributed by atoms with Crippen molar-refractivity contribution in [2.45, 2.75) is 83.1 Å². The molecular formula is C87H116Br2ClNO36. The first-order chi connectivity index (χ1) is 59.6. The van der Waals surface area contributed by atoms with Gasteiger partial charge < -0.3 is 137 Å². The van der Waals surface area contributed by atoms with E-state index >= 15 is 0 Å². The number of carbonyl (C=O) groups excluding carboxylic acids is 8. The first-order valence-electron chi connectivity index (χ1n) is 36.9. The molecule has 40 heteroatoms. The van der Waals surface area contributed by atoms with Crippen LogP contribution in [0.5, 0.6) is 86.2 Å². The van der Waals surface area contributed by atoms with Crippen molar-refractivity contribution >= 4 is 96.5 Å². The topological polar surface area (TPSA) is 527 Å². The van der Waals surface area contributed by atoms with E-state index in [1.54, 1.807) is 52.8 Å². The number of aliphatic carboxylic acids is 1. The Kier molecular flexibility index (Phi) is 72.2. The molecule has 0 unspecified atom stereocenters. The number of carboxylic acids is 1. The number of ether oxygens (including phenoxy) is 16. The van der Waals surface area contributed by atoms with Gasteiger partial charge in [0, 0.05) is 146 Å². The van der Waals surface area contributed by atoms with E-state index in [9.17, 15) is 43.2 Å². The van der Waals surface area contributed by atoms with Crippen LogP contribution >= 0.6 is 43.5 Å². The maximum atomic E-state index is 11.4. The zero-order chi connectivity index (χ0) is 98.3. The first-order valence-corrected chi connectivity index (χ1v) is 39.6. The van der Waals surface area contributed by atoms with Gasteiger partial charge in [-0.3, -0.25) is 4.79 Å². The molecule has 0 spiro atoms. The third kappa shape index (κ3) is 70.2. The number of phenols is 6. The maximum absolute atomic E-state index is 11.4. The number of carboxylic acid groups (broad SMARTS) is 1. The largest absolute Gasteiger partial charge is 0.508 e. The van der Waals surface area contributed by atoms with Gasteiger partial charge in [-0.05, 0) is 93.5 Å². The Balaban J connectivity index is -0.000000473. The van der Waals surface area contributed by atoms with E-state index < -0.39 is 67.4 Å². The fourth-order valence-electron chi connectivity index (χ4n) is 6.77. The van der Waals surface area contributed by atoms with E-state index in [1.807, 2.05) is 0 Å². The van der Waals surface area contributed by atoms with Gasteiger partial charge in [0.05, 0.1) is 5.52 Å². The quantitative estimate of drug-likeness (QED) is 0.00329. The molecule has 0 radical (unpaired) electrons. The van der Waals surface area contributed by atoms with Crippen molar-refractivity contribution in [3.05, 3.63) is 200 Å². The van der Waals surface area contributed by atoms with E-state index in [0.717, 1.165) is 36.4 Å². The van der Waals surface area contributed by atoms with Crippen molar-refractivity contribution in [3.63, 3.8) is 0 Å². The van der Waals surface area contributed by atoms with Crippen LogP contribution < -0.4 is 42.6 Å². The average Bonchev–Trinajstić information content (AvgIpc) is 0.875. The van der Waals surface area contributed by atoms with Crippen LogP contribution in [-0.2, 0) is 76.3 Å². The highest BCUT2D eigenvalue weighted by molar-refractivity contribution is 9.09. The van der Waals surface area contributed by atoms with Crippen LogP contribution in [0, 0.1) is 0 Å². The van der Waals surface area contributed by atoms with Crippen molar-refractivity contribution in [2.24, 2.45) is 0 Å². The molecule has 0 fully saturated rings. The number of halogens is 3. The van der Waals surface area contributed by atoms with Gasteiger partial charge in [-0.2, -0.15) is 0 Å². The highest BCUT2D eigenvalue weighted by atomic mass is 79.9. The van der Waals surface area contributed by atoms with Gasteiger partial charge in [0.2, 0.25) is 25.6 Å². The number of benzene rings is 5. The van der Waals surface area contributed by atoms with Crippen molar-refractivity contribution in [1.29, 1.82) is 0 Å². The number of alkyl halides is 2. The summed E-state index contributed by atoms with van der Waals surface area (Å²) in [6.07, 6.45) is 0. The Labute approximate surface area is 759 Å². The summed E-state index contributed by atoms with van der Waals surface area (Å²) in [4.78, 5) is 101. The Hall–Kier alpha value is -12.8. The van der Waals surface area contributed by atoms with Gasteiger partial charge in [0.25, 0.3) is 0 Å². The molecule has 0 aromatic heterocycles. The number of aliphatic hydroxyl groups excluding tert-OH is 4. The number of hydrogen-bond acceptors (Lipinski definition) is 36. The lowest BCUT2D eigenvalue weighted by molar-refractivity contribution is -0.146. The molecule has 127 heavy (non-hydrogen) atoms. The molecule has 0 heterocycles. The molecule has 0 saturated heterocycles. The molecule has 5 aromatic rings. The minimum atomic E-state index is -0.935. The Bertz CT molecular complexity index is 3800. The number of aliphatic hydroxyl groups is 4. The van der Waals surface area contributed by atoms with Crippen LogP contribution in [0.2, 0.25) is 0 Å². The summed E-state index contributed by atoms with van der Waals surface area (Å²) in [5.74, 6) is -2.72. The van der Waals surface area contributed by atoms with Gasteiger partial charge in [0.15, 0.2) is 20.4 Å². The zero-order valence-corrected chi connectivity index (χ0v) is 76.9. The van der Waals surface area contributed by atoms with Crippen LogP contribution in [0.3, 0.4) is 0 Å². The number of esters is 7. The van der Waals surface area contributed by atoms with E-state index in [0.29, 0.717) is 74.3 Å². The number of phenolic OH excluding ortho intramolecular Hbond substituents is 6. The maximum Gasteiger partial charge on any atom is 0.335 e. The lowest BCUT2D eigenvalue weighted by atomic mass is 10.3. The Morgan fingerprint density at radius 1 is 0.291 bits per heavy atom. The molecule has 0 saturated carbocycles. The summed E-state index contributed by atoms with van der Waals surface area (Å²) in [6.45, 7) is 52.8. The van der Waals surface area contributed by atoms with Crippen molar-refractivity contribution < 1.29 is 175 Å². The third-order valence-electron chi connectivity index (χ3n) is 12.8. The molecule has 37 nitrogen and oxygen atoms in total. The molecule has 0 atom stereocenters. The number of hydrogen-bond donors (Lipinski definition) is 11. The SMILES string of the molecule is C=C(C)C(=O)Cl.C=C(C)C(=O)O.C=C(C)C(=O)OCCBr.C=C(C)C(=O)OCCOc1cc(OCCOC(=O)C(=C)C)cc(OCCOC(=O)C(=C)C)c1.C=C(C)C(=O)OCOc1cc(OCOC(=O)C(=C)C)cc(OCOC(=O)C(=C)C)c1.CCN(CC)CC.OCBr.OCOc1cc(OCO)cc(OCO)c1.Oc1cc(O)cc(O)c1.Oc1cc(O)cc(O)c1.